The molecule has 5 nitrogen and oxygen atoms in total. The van der Waals surface area contributed by atoms with Crippen molar-refractivity contribution >= 4 is 17.0 Å². The van der Waals surface area contributed by atoms with Crippen LogP contribution < -0.4 is 5.73 Å². The largest absolute Gasteiger partial charge is 0.480 e. The van der Waals surface area contributed by atoms with Gasteiger partial charge in [-0.3, -0.25) is 4.79 Å². The number of hydrogen-bond acceptors (Lipinski definition) is 3. The van der Waals surface area contributed by atoms with Gasteiger partial charge in [-0.2, -0.15) is 0 Å². The molecule has 1 heterocycles. The van der Waals surface area contributed by atoms with E-state index < -0.39 is 12.0 Å². The lowest BCUT2D eigenvalue weighted by atomic mass is 10.1. The van der Waals surface area contributed by atoms with E-state index in [-0.39, 0.29) is 0 Å². The molecule has 0 bridgehead atoms. The summed E-state index contributed by atoms with van der Waals surface area (Å²) >= 11 is 0. The van der Waals surface area contributed by atoms with E-state index in [4.69, 9.17) is 10.8 Å². The van der Waals surface area contributed by atoms with Crippen molar-refractivity contribution in [3.8, 4) is 0 Å². The van der Waals surface area contributed by atoms with E-state index in [1.165, 1.54) is 0 Å². The molecule has 0 saturated carbocycles. The van der Waals surface area contributed by atoms with Gasteiger partial charge in [-0.1, -0.05) is 13.0 Å². The first kappa shape index (κ1) is 12.6. The molecular weight excluding hydrogens is 230 g/mol. The SMILES string of the molecule is CCc1nc2cc(CC(N)C(=O)O)ccc2n1C. The number of nitrogens with two attached hydrogens (primary N) is 1. The van der Waals surface area contributed by atoms with Crippen LogP contribution in [0.5, 0.6) is 0 Å². The van der Waals surface area contributed by atoms with Gasteiger partial charge < -0.3 is 15.4 Å². The Morgan fingerprint density at radius 1 is 1.56 bits per heavy atom. The molecule has 0 fully saturated rings. The highest BCUT2D eigenvalue weighted by molar-refractivity contribution is 5.78. The maximum atomic E-state index is 10.7. The van der Waals surface area contributed by atoms with E-state index in [0.717, 1.165) is 28.8 Å². The van der Waals surface area contributed by atoms with Crippen LogP contribution in [-0.4, -0.2) is 26.7 Å². The van der Waals surface area contributed by atoms with Crippen molar-refractivity contribution in [1.29, 1.82) is 0 Å². The molecule has 0 saturated heterocycles. The quantitative estimate of drug-likeness (QED) is 0.847. The number of carbonyl (C=O) groups is 1. The van der Waals surface area contributed by atoms with Gasteiger partial charge in [0.1, 0.15) is 11.9 Å². The minimum atomic E-state index is -0.981. The maximum absolute atomic E-state index is 10.7. The summed E-state index contributed by atoms with van der Waals surface area (Å²) in [5, 5.41) is 8.80. The van der Waals surface area contributed by atoms with Crippen LogP contribution in [0.2, 0.25) is 0 Å². The molecule has 1 aromatic heterocycles. The number of fused-ring (bicyclic) bond motifs is 1. The summed E-state index contributed by atoms with van der Waals surface area (Å²) in [7, 11) is 1.98. The summed E-state index contributed by atoms with van der Waals surface area (Å²) < 4.78 is 2.05. The fourth-order valence-electron chi connectivity index (χ4n) is 2.08. The highest BCUT2D eigenvalue weighted by Gasteiger charge is 2.13. The summed E-state index contributed by atoms with van der Waals surface area (Å²) in [5.74, 6) is 0.0371. The number of benzene rings is 1. The first-order valence-electron chi connectivity index (χ1n) is 5.95. The van der Waals surface area contributed by atoms with Gasteiger partial charge in [0.25, 0.3) is 0 Å². The van der Waals surface area contributed by atoms with Crippen molar-refractivity contribution < 1.29 is 9.90 Å². The van der Waals surface area contributed by atoms with Crippen LogP contribution in [0.25, 0.3) is 11.0 Å². The molecule has 0 aliphatic heterocycles. The number of aromatic nitrogens is 2. The van der Waals surface area contributed by atoms with Crippen molar-refractivity contribution in [2.24, 2.45) is 12.8 Å². The Morgan fingerprint density at radius 2 is 2.28 bits per heavy atom. The Hall–Kier alpha value is -1.88. The number of imidazole rings is 1. The predicted octanol–water partition coefficient (Wildman–Crippen LogP) is 1.09. The Kier molecular flexibility index (Phi) is 3.34. The van der Waals surface area contributed by atoms with E-state index in [0.29, 0.717) is 6.42 Å². The van der Waals surface area contributed by atoms with Crippen molar-refractivity contribution in [2.75, 3.05) is 0 Å². The zero-order valence-electron chi connectivity index (χ0n) is 10.6. The fraction of sp³-hybridized carbons (Fsp3) is 0.385. The first-order valence-corrected chi connectivity index (χ1v) is 5.95. The van der Waals surface area contributed by atoms with Gasteiger partial charge >= 0.3 is 5.97 Å². The molecule has 1 unspecified atom stereocenters. The van der Waals surface area contributed by atoms with Gasteiger partial charge in [0, 0.05) is 13.5 Å². The van der Waals surface area contributed by atoms with Gasteiger partial charge in [-0.25, -0.2) is 4.98 Å². The second kappa shape index (κ2) is 4.78. The molecular formula is C13H17N3O2. The molecule has 18 heavy (non-hydrogen) atoms. The Morgan fingerprint density at radius 3 is 2.89 bits per heavy atom. The lowest BCUT2D eigenvalue weighted by Crippen LogP contribution is -2.32. The van der Waals surface area contributed by atoms with Gasteiger partial charge in [-0.15, -0.1) is 0 Å². The van der Waals surface area contributed by atoms with Crippen molar-refractivity contribution in [3.63, 3.8) is 0 Å². The second-order valence-corrected chi connectivity index (χ2v) is 4.41. The molecule has 2 aromatic rings. The van der Waals surface area contributed by atoms with Crippen LogP contribution in [0.3, 0.4) is 0 Å². The molecule has 1 aromatic carbocycles. The van der Waals surface area contributed by atoms with Crippen LogP contribution in [0.4, 0.5) is 0 Å². The zero-order chi connectivity index (χ0) is 13.3. The summed E-state index contributed by atoms with van der Waals surface area (Å²) in [6.07, 6.45) is 1.19. The minimum Gasteiger partial charge on any atom is -0.480 e. The standard InChI is InChI=1S/C13H17N3O2/c1-3-12-15-10-7-8(6-9(14)13(17)18)4-5-11(10)16(12)2/h4-5,7,9H,3,6,14H2,1-2H3,(H,17,18). The van der Waals surface area contributed by atoms with Crippen LogP contribution in [0.1, 0.15) is 18.3 Å². The number of hydrogen-bond donors (Lipinski definition) is 2. The minimum absolute atomic E-state index is 0.323. The third kappa shape index (κ3) is 2.22. The fourth-order valence-corrected chi connectivity index (χ4v) is 2.08. The second-order valence-electron chi connectivity index (χ2n) is 4.41. The molecule has 0 radical (unpaired) electrons. The van der Waals surface area contributed by atoms with Crippen LogP contribution in [-0.2, 0) is 24.7 Å². The summed E-state index contributed by atoms with van der Waals surface area (Å²) in [4.78, 5) is 15.2. The molecule has 2 rings (SSSR count). The third-order valence-electron chi connectivity index (χ3n) is 3.13. The number of aryl methyl sites for hydroxylation is 2. The average molecular weight is 247 g/mol. The van der Waals surface area contributed by atoms with Gasteiger partial charge in [0.2, 0.25) is 0 Å². The van der Waals surface area contributed by atoms with Crippen molar-refractivity contribution in [3.05, 3.63) is 29.6 Å². The van der Waals surface area contributed by atoms with Gasteiger partial charge in [-0.05, 0) is 24.1 Å². The van der Waals surface area contributed by atoms with E-state index in [2.05, 4.69) is 16.5 Å². The Balaban J connectivity index is 2.36. The van der Waals surface area contributed by atoms with E-state index in [1.807, 2.05) is 25.2 Å². The van der Waals surface area contributed by atoms with Crippen LogP contribution in [0.15, 0.2) is 18.2 Å². The van der Waals surface area contributed by atoms with E-state index in [1.54, 1.807) is 0 Å². The van der Waals surface area contributed by atoms with Crippen LogP contribution in [0, 0.1) is 0 Å². The molecule has 1 atom stereocenters. The molecule has 3 N–H and O–H groups in total. The van der Waals surface area contributed by atoms with E-state index in [9.17, 15) is 4.79 Å². The Bertz CT molecular complexity index is 589. The first-order chi connectivity index (χ1) is 8.52. The van der Waals surface area contributed by atoms with E-state index >= 15 is 0 Å². The molecule has 96 valence electrons. The van der Waals surface area contributed by atoms with Crippen molar-refractivity contribution in [2.45, 2.75) is 25.8 Å². The average Bonchev–Trinajstić information content (AvgIpc) is 2.65. The monoisotopic (exact) mass is 247 g/mol. The summed E-state index contributed by atoms with van der Waals surface area (Å²) in [5.41, 5.74) is 8.38. The summed E-state index contributed by atoms with van der Waals surface area (Å²) in [6.45, 7) is 2.06. The molecule has 5 heteroatoms. The van der Waals surface area contributed by atoms with Crippen molar-refractivity contribution in [1.82, 2.24) is 9.55 Å². The maximum Gasteiger partial charge on any atom is 0.320 e. The normalized spacial score (nSPS) is 12.8. The van der Waals surface area contributed by atoms with Crippen LogP contribution >= 0.6 is 0 Å². The Labute approximate surface area is 105 Å². The molecule has 0 aliphatic carbocycles. The molecule has 0 spiro atoms. The molecule has 0 aliphatic rings. The number of rotatable bonds is 4. The lowest BCUT2D eigenvalue weighted by molar-refractivity contribution is -0.138. The number of carboxylic acid groups (broad SMARTS) is 1. The topological polar surface area (TPSA) is 81.1 Å². The third-order valence-corrected chi connectivity index (χ3v) is 3.13. The number of carboxylic acids is 1. The highest BCUT2D eigenvalue weighted by Crippen LogP contribution is 2.17. The zero-order valence-corrected chi connectivity index (χ0v) is 10.6. The lowest BCUT2D eigenvalue weighted by Gasteiger charge is -2.06. The van der Waals surface area contributed by atoms with Gasteiger partial charge in [0.15, 0.2) is 0 Å². The smallest absolute Gasteiger partial charge is 0.320 e. The van der Waals surface area contributed by atoms with Gasteiger partial charge in [0.05, 0.1) is 11.0 Å². The predicted molar refractivity (Wildman–Crippen MR) is 69.4 cm³/mol. The molecule has 0 amide bonds. The number of nitrogens with zero attached hydrogens (tertiary/aromatic N) is 2. The highest BCUT2D eigenvalue weighted by atomic mass is 16.4. The summed E-state index contributed by atoms with van der Waals surface area (Å²) in [6, 6.07) is 4.92. The number of aliphatic carboxylic acids is 1.